The molecule has 8 heteroatoms. The maximum absolute atomic E-state index is 13.8. The minimum atomic E-state index is -0.747. The quantitative estimate of drug-likeness (QED) is 0.708. The molecule has 6 nitrogen and oxygen atoms in total. The Kier molecular flexibility index (Phi) is 5.58. The Bertz CT molecular complexity index is 1070. The minimum Gasteiger partial charge on any atom is -0.349 e. The number of carbonyl (C=O) groups excluding carboxylic acids is 1. The first-order valence-corrected chi connectivity index (χ1v) is 8.60. The lowest BCUT2D eigenvalue weighted by molar-refractivity contribution is -0.121. The number of hydrogen-bond donors (Lipinski definition) is 2. The summed E-state index contributed by atoms with van der Waals surface area (Å²) in [6.45, 7) is 3.21. The molecule has 0 aliphatic rings. The van der Waals surface area contributed by atoms with Crippen molar-refractivity contribution in [2.24, 2.45) is 0 Å². The molecule has 0 aliphatic heterocycles. The highest BCUT2D eigenvalue weighted by Crippen LogP contribution is 2.18. The number of amides is 1. The maximum atomic E-state index is 13.8. The van der Waals surface area contributed by atoms with Crippen molar-refractivity contribution < 1.29 is 13.6 Å². The largest absolute Gasteiger partial charge is 0.349 e. The Morgan fingerprint density at radius 3 is 2.68 bits per heavy atom. The van der Waals surface area contributed by atoms with Crippen LogP contribution in [-0.2, 0) is 11.2 Å². The molecule has 2 heterocycles. The number of halogens is 2. The average molecular weight is 384 g/mol. The zero-order valence-electron chi connectivity index (χ0n) is 15.3. The molecule has 2 N–H and O–H groups in total. The first-order chi connectivity index (χ1) is 13.3. The van der Waals surface area contributed by atoms with E-state index in [4.69, 9.17) is 0 Å². The zero-order chi connectivity index (χ0) is 20.3. The van der Waals surface area contributed by atoms with Gasteiger partial charge in [-0.3, -0.25) is 14.6 Å². The van der Waals surface area contributed by atoms with E-state index in [1.807, 2.05) is 0 Å². The van der Waals surface area contributed by atoms with E-state index >= 15 is 0 Å². The van der Waals surface area contributed by atoms with Crippen molar-refractivity contribution in [3.63, 3.8) is 0 Å². The SMILES string of the molecule is Cc1nc(-c2ccccn2)[nH]c(=O)c1CC(=O)NC(C)c1ccc(F)cc1F. The molecule has 0 aliphatic carbocycles. The highest BCUT2D eigenvalue weighted by atomic mass is 19.1. The summed E-state index contributed by atoms with van der Waals surface area (Å²) < 4.78 is 26.9. The third-order valence-corrected chi connectivity index (χ3v) is 4.27. The molecule has 144 valence electrons. The zero-order valence-corrected chi connectivity index (χ0v) is 15.3. The Morgan fingerprint density at radius 2 is 2.04 bits per heavy atom. The number of rotatable bonds is 5. The first kappa shape index (κ1) is 19.3. The minimum absolute atomic E-state index is 0.156. The van der Waals surface area contributed by atoms with Gasteiger partial charge in [0.15, 0.2) is 5.82 Å². The molecule has 2 aromatic heterocycles. The van der Waals surface area contributed by atoms with Crippen molar-refractivity contribution in [2.75, 3.05) is 0 Å². The number of benzene rings is 1. The molecular formula is C20H18F2N4O2. The van der Waals surface area contributed by atoms with Crippen LogP contribution < -0.4 is 10.9 Å². The summed E-state index contributed by atoms with van der Waals surface area (Å²) in [5, 5.41) is 2.61. The molecule has 0 bridgehead atoms. The summed E-state index contributed by atoms with van der Waals surface area (Å²) in [6, 6.07) is 7.70. The van der Waals surface area contributed by atoms with Crippen molar-refractivity contribution in [1.82, 2.24) is 20.3 Å². The molecule has 0 saturated carbocycles. The van der Waals surface area contributed by atoms with Crippen LogP contribution in [0.4, 0.5) is 8.78 Å². The third-order valence-electron chi connectivity index (χ3n) is 4.27. The number of H-pyrrole nitrogens is 1. The first-order valence-electron chi connectivity index (χ1n) is 8.60. The summed E-state index contributed by atoms with van der Waals surface area (Å²) in [7, 11) is 0. The van der Waals surface area contributed by atoms with Crippen LogP contribution in [0.2, 0.25) is 0 Å². The maximum Gasteiger partial charge on any atom is 0.255 e. The fourth-order valence-electron chi connectivity index (χ4n) is 2.83. The van der Waals surface area contributed by atoms with Crippen molar-refractivity contribution in [3.8, 4) is 11.5 Å². The molecule has 3 rings (SSSR count). The third kappa shape index (κ3) is 4.28. The van der Waals surface area contributed by atoms with Gasteiger partial charge in [0.2, 0.25) is 5.91 Å². The molecule has 1 amide bonds. The van der Waals surface area contributed by atoms with Crippen LogP contribution in [0.25, 0.3) is 11.5 Å². The molecule has 28 heavy (non-hydrogen) atoms. The van der Waals surface area contributed by atoms with E-state index in [-0.39, 0.29) is 17.5 Å². The lowest BCUT2D eigenvalue weighted by Gasteiger charge is -2.15. The number of carbonyl (C=O) groups is 1. The fraction of sp³-hybridized carbons (Fsp3) is 0.200. The standard InChI is InChI=1S/C20H18F2N4O2/c1-11(14-7-6-13(21)9-16(14)22)24-18(27)10-15-12(2)25-19(26-20(15)28)17-5-3-4-8-23-17/h3-9,11H,10H2,1-2H3,(H,24,27)(H,25,26,28). The predicted molar refractivity (Wildman–Crippen MR) is 99.4 cm³/mol. The smallest absolute Gasteiger partial charge is 0.255 e. The van der Waals surface area contributed by atoms with Gasteiger partial charge in [0.25, 0.3) is 5.56 Å². The summed E-state index contributed by atoms with van der Waals surface area (Å²) in [6.07, 6.45) is 1.37. The van der Waals surface area contributed by atoms with E-state index in [9.17, 15) is 18.4 Å². The Labute approximate surface area is 159 Å². The van der Waals surface area contributed by atoms with Gasteiger partial charge in [0, 0.05) is 29.1 Å². The van der Waals surface area contributed by atoms with Crippen LogP contribution in [0.5, 0.6) is 0 Å². The molecule has 0 spiro atoms. The number of hydrogen-bond acceptors (Lipinski definition) is 4. The Hall–Kier alpha value is -3.42. The Morgan fingerprint density at radius 1 is 1.25 bits per heavy atom. The van der Waals surface area contributed by atoms with Crippen LogP contribution in [0.1, 0.15) is 29.8 Å². The van der Waals surface area contributed by atoms with Crippen molar-refractivity contribution in [1.29, 1.82) is 0 Å². The van der Waals surface area contributed by atoms with Crippen LogP contribution in [0, 0.1) is 18.6 Å². The molecule has 0 radical (unpaired) electrons. The second-order valence-electron chi connectivity index (χ2n) is 6.33. The Balaban J connectivity index is 1.76. The summed E-state index contributed by atoms with van der Waals surface area (Å²) >= 11 is 0. The van der Waals surface area contributed by atoms with Crippen molar-refractivity contribution in [3.05, 3.63) is 81.4 Å². The summed E-state index contributed by atoms with van der Waals surface area (Å²) in [4.78, 5) is 35.8. The van der Waals surface area contributed by atoms with Crippen LogP contribution in [0.15, 0.2) is 47.4 Å². The number of nitrogens with one attached hydrogen (secondary N) is 2. The highest BCUT2D eigenvalue weighted by molar-refractivity contribution is 5.79. The van der Waals surface area contributed by atoms with E-state index in [1.54, 1.807) is 38.2 Å². The van der Waals surface area contributed by atoms with Crippen LogP contribution >= 0.6 is 0 Å². The number of nitrogens with zero attached hydrogens (tertiary/aromatic N) is 2. The second-order valence-corrected chi connectivity index (χ2v) is 6.33. The van der Waals surface area contributed by atoms with Gasteiger partial charge in [-0.1, -0.05) is 12.1 Å². The normalized spacial score (nSPS) is 11.9. The van der Waals surface area contributed by atoms with Crippen LogP contribution in [-0.4, -0.2) is 20.9 Å². The fourth-order valence-corrected chi connectivity index (χ4v) is 2.83. The van der Waals surface area contributed by atoms with Gasteiger partial charge < -0.3 is 10.3 Å². The monoisotopic (exact) mass is 384 g/mol. The molecule has 3 aromatic rings. The van der Waals surface area contributed by atoms with E-state index < -0.39 is 29.1 Å². The van der Waals surface area contributed by atoms with Gasteiger partial charge >= 0.3 is 0 Å². The highest BCUT2D eigenvalue weighted by Gasteiger charge is 2.18. The lowest BCUT2D eigenvalue weighted by atomic mass is 10.1. The van der Waals surface area contributed by atoms with Crippen LogP contribution in [0.3, 0.4) is 0 Å². The van der Waals surface area contributed by atoms with Crippen molar-refractivity contribution >= 4 is 5.91 Å². The predicted octanol–water partition coefficient (Wildman–Crippen LogP) is 2.84. The van der Waals surface area contributed by atoms with Gasteiger partial charge in [0.05, 0.1) is 12.5 Å². The van der Waals surface area contributed by atoms with E-state index in [0.29, 0.717) is 17.2 Å². The van der Waals surface area contributed by atoms with Gasteiger partial charge in [0.1, 0.15) is 17.3 Å². The number of pyridine rings is 1. The molecule has 1 unspecified atom stereocenters. The average Bonchev–Trinajstić information content (AvgIpc) is 2.65. The molecule has 1 aromatic carbocycles. The van der Waals surface area contributed by atoms with Gasteiger partial charge in [-0.15, -0.1) is 0 Å². The molecule has 0 fully saturated rings. The van der Waals surface area contributed by atoms with Gasteiger partial charge in [-0.05, 0) is 32.0 Å². The number of aromatic amines is 1. The number of aromatic nitrogens is 3. The number of aryl methyl sites for hydroxylation is 1. The topological polar surface area (TPSA) is 87.7 Å². The second kappa shape index (κ2) is 8.08. The molecule has 1 atom stereocenters. The van der Waals surface area contributed by atoms with E-state index in [1.165, 1.54) is 6.07 Å². The van der Waals surface area contributed by atoms with E-state index in [0.717, 1.165) is 12.1 Å². The van der Waals surface area contributed by atoms with E-state index in [2.05, 4.69) is 20.3 Å². The lowest BCUT2D eigenvalue weighted by Crippen LogP contribution is -2.31. The van der Waals surface area contributed by atoms with Gasteiger partial charge in [-0.25, -0.2) is 13.8 Å². The summed E-state index contributed by atoms with van der Waals surface area (Å²) in [5.41, 5.74) is 0.844. The van der Waals surface area contributed by atoms with Gasteiger partial charge in [-0.2, -0.15) is 0 Å². The molecule has 0 saturated heterocycles. The summed E-state index contributed by atoms with van der Waals surface area (Å²) in [5.74, 6) is -1.60. The molecular weight excluding hydrogens is 366 g/mol. The van der Waals surface area contributed by atoms with Crippen molar-refractivity contribution in [2.45, 2.75) is 26.3 Å².